The lowest BCUT2D eigenvalue weighted by Crippen LogP contribution is -2.41. The molecule has 10 heteroatoms. The number of sulfonamides is 1. The second-order valence-electron chi connectivity index (χ2n) is 8.03. The molecule has 0 aliphatic carbocycles. The largest absolute Gasteiger partial charge is 0.339 e. The molecule has 1 aliphatic heterocycles. The number of anilines is 1. The zero-order valence-electron chi connectivity index (χ0n) is 19.1. The molecule has 1 aliphatic rings. The van der Waals surface area contributed by atoms with Crippen LogP contribution < -0.4 is 10.0 Å². The predicted octanol–water partition coefficient (Wildman–Crippen LogP) is 3.29. The molecule has 0 bridgehead atoms. The third-order valence-corrected chi connectivity index (χ3v) is 8.02. The third-order valence-electron chi connectivity index (χ3n) is 5.73. The summed E-state index contributed by atoms with van der Waals surface area (Å²) in [6, 6.07) is 8.33. The van der Waals surface area contributed by atoms with Gasteiger partial charge in [-0.2, -0.15) is 0 Å². The molecule has 0 atom stereocenters. The first kappa shape index (κ1) is 25.2. The van der Waals surface area contributed by atoms with Crippen molar-refractivity contribution in [1.29, 1.82) is 0 Å². The van der Waals surface area contributed by atoms with Crippen molar-refractivity contribution in [1.82, 2.24) is 14.6 Å². The van der Waals surface area contributed by atoms with E-state index in [0.717, 1.165) is 12.8 Å². The fourth-order valence-electron chi connectivity index (χ4n) is 3.81. The average molecular weight is 491 g/mol. The highest BCUT2D eigenvalue weighted by molar-refractivity contribution is 7.98. The molecule has 2 heterocycles. The van der Waals surface area contributed by atoms with E-state index in [-0.39, 0.29) is 22.6 Å². The Morgan fingerprint density at radius 3 is 2.58 bits per heavy atom. The van der Waals surface area contributed by atoms with Gasteiger partial charge < -0.3 is 10.2 Å². The van der Waals surface area contributed by atoms with Crippen molar-refractivity contribution in [3.63, 3.8) is 0 Å². The summed E-state index contributed by atoms with van der Waals surface area (Å²) in [6.45, 7) is 4.95. The van der Waals surface area contributed by atoms with Crippen molar-refractivity contribution in [3.8, 4) is 0 Å². The molecule has 1 fully saturated rings. The third kappa shape index (κ3) is 6.33. The number of nitrogens with zero attached hydrogens (tertiary/aromatic N) is 2. The van der Waals surface area contributed by atoms with Crippen molar-refractivity contribution < 1.29 is 18.0 Å². The number of benzene rings is 1. The summed E-state index contributed by atoms with van der Waals surface area (Å²) in [5.74, 6) is -0.000296. The maximum Gasteiger partial charge on any atom is 0.256 e. The molecule has 0 saturated carbocycles. The Balaban J connectivity index is 1.56. The summed E-state index contributed by atoms with van der Waals surface area (Å²) in [4.78, 5) is 30.7. The molecular formula is C23H30N4O4S2. The minimum Gasteiger partial charge on any atom is -0.339 e. The van der Waals surface area contributed by atoms with Crippen LogP contribution in [0.15, 0.2) is 46.5 Å². The van der Waals surface area contributed by atoms with E-state index in [1.165, 1.54) is 17.8 Å². The highest BCUT2D eigenvalue weighted by Crippen LogP contribution is 2.24. The van der Waals surface area contributed by atoms with Crippen LogP contribution >= 0.6 is 11.8 Å². The van der Waals surface area contributed by atoms with Crippen molar-refractivity contribution >= 4 is 39.3 Å². The molecule has 1 aromatic carbocycles. The van der Waals surface area contributed by atoms with Crippen LogP contribution in [0.25, 0.3) is 0 Å². The standard InChI is InChI=1S/C23H30N4O4S2/c1-4-21(28)26-18-7-8-20(16(2)14-18)33(30,31)25-15-17-9-12-27(13-10-17)23(29)19-6-5-11-24-22(19)32-3/h5-8,11,14,17,25H,4,9-10,12-13,15H2,1-3H3,(H,26,28). The van der Waals surface area contributed by atoms with Crippen molar-refractivity contribution in [2.45, 2.75) is 43.0 Å². The van der Waals surface area contributed by atoms with Gasteiger partial charge in [0.2, 0.25) is 15.9 Å². The number of thioether (sulfide) groups is 1. The molecule has 2 N–H and O–H groups in total. The molecule has 3 rings (SSSR count). The van der Waals surface area contributed by atoms with Crippen molar-refractivity contribution in [2.75, 3.05) is 31.2 Å². The summed E-state index contributed by atoms with van der Waals surface area (Å²) >= 11 is 1.45. The van der Waals surface area contributed by atoms with Crippen LogP contribution in [-0.4, -0.2) is 56.0 Å². The SMILES string of the molecule is CCC(=O)Nc1ccc(S(=O)(=O)NCC2CCN(C(=O)c3cccnc3SC)CC2)c(C)c1. The number of nitrogens with one attached hydrogen (secondary N) is 2. The van der Waals surface area contributed by atoms with E-state index in [1.807, 2.05) is 11.2 Å². The van der Waals surface area contributed by atoms with Gasteiger partial charge in [0, 0.05) is 37.9 Å². The Labute approximate surface area is 199 Å². The number of piperidine rings is 1. The summed E-state index contributed by atoms with van der Waals surface area (Å²) in [5, 5.41) is 3.45. The minimum atomic E-state index is -3.68. The van der Waals surface area contributed by atoms with Crippen LogP contribution in [0.3, 0.4) is 0 Å². The first-order chi connectivity index (χ1) is 15.7. The number of carbonyl (C=O) groups is 2. The molecule has 0 radical (unpaired) electrons. The Kier molecular flexibility index (Phi) is 8.50. The van der Waals surface area contributed by atoms with E-state index in [2.05, 4.69) is 15.0 Å². The normalized spacial score (nSPS) is 14.8. The topological polar surface area (TPSA) is 108 Å². The first-order valence-electron chi connectivity index (χ1n) is 10.9. The minimum absolute atomic E-state index is 0.0302. The lowest BCUT2D eigenvalue weighted by atomic mass is 9.97. The van der Waals surface area contributed by atoms with Gasteiger partial charge in [0.15, 0.2) is 0 Å². The number of hydrogen-bond donors (Lipinski definition) is 2. The van der Waals surface area contributed by atoms with Gasteiger partial charge in [0.25, 0.3) is 5.91 Å². The molecule has 8 nitrogen and oxygen atoms in total. The number of carbonyl (C=O) groups excluding carboxylic acids is 2. The number of aromatic nitrogens is 1. The van der Waals surface area contributed by atoms with E-state index in [1.54, 1.807) is 44.3 Å². The molecule has 0 unspecified atom stereocenters. The smallest absolute Gasteiger partial charge is 0.256 e. The fourth-order valence-corrected chi connectivity index (χ4v) is 5.69. The average Bonchev–Trinajstić information content (AvgIpc) is 2.82. The zero-order chi connectivity index (χ0) is 24.0. The maximum atomic E-state index is 12.9. The van der Waals surface area contributed by atoms with Gasteiger partial charge >= 0.3 is 0 Å². The van der Waals surface area contributed by atoms with E-state index >= 15 is 0 Å². The van der Waals surface area contributed by atoms with Crippen LogP contribution in [0.5, 0.6) is 0 Å². The monoisotopic (exact) mass is 490 g/mol. The second-order valence-corrected chi connectivity index (χ2v) is 10.6. The number of rotatable bonds is 8. The molecular weight excluding hydrogens is 460 g/mol. The van der Waals surface area contributed by atoms with E-state index < -0.39 is 10.0 Å². The molecule has 1 saturated heterocycles. The molecule has 178 valence electrons. The number of amides is 2. The number of hydrogen-bond acceptors (Lipinski definition) is 6. The van der Waals surface area contributed by atoms with Crippen LogP contribution in [0.2, 0.25) is 0 Å². The van der Waals surface area contributed by atoms with Crippen molar-refractivity contribution in [2.24, 2.45) is 5.92 Å². The zero-order valence-corrected chi connectivity index (χ0v) is 20.8. The molecule has 2 amide bonds. The first-order valence-corrected chi connectivity index (χ1v) is 13.6. The molecule has 1 aromatic heterocycles. The van der Waals surface area contributed by atoms with Crippen LogP contribution in [0.1, 0.15) is 42.1 Å². The summed E-state index contributed by atoms with van der Waals surface area (Å²) in [6.07, 6.45) is 5.38. The lowest BCUT2D eigenvalue weighted by molar-refractivity contribution is -0.115. The Morgan fingerprint density at radius 1 is 1.21 bits per heavy atom. The van der Waals surface area contributed by atoms with Gasteiger partial charge in [0.05, 0.1) is 10.5 Å². The summed E-state index contributed by atoms with van der Waals surface area (Å²) < 4.78 is 28.4. The van der Waals surface area contributed by atoms with Gasteiger partial charge in [-0.25, -0.2) is 18.1 Å². The maximum absolute atomic E-state index is 12.9. The van der Waals surface area contributed by atoms with E-state index in [9.17, 15) is 18.0 Å². The van der Waals surface area contributed by atoms with E-state index in [4.69, 9.17) is 0 Å². The van der Waals surface area contributed by atoms with Crippen molar-refractivity contribution in [3.05, 3.63) is 47.7 Å². The second kappa shape index (κ2) is 11.1. The van der Waals surface area contributed by atoms with E-state index in [0.29, 0.717) is 47.9 Å². The van der Waals surface area contributed by atoms with Gasteiger partial charge in [0.1, 0.15) is 5.03 Å². The molecule has 33 heavy (non-hydrogen) atoms. The number of likely N-dealkylation sites (tertiary alicyclic amines) is 1. The predicted molar refractivity (Wildman–Crippen MR) is 130 cm³/mol. The molecule has 2 aromatic rings. The quantitative estimate of drug-likeness (QED) is 0.550. The van der Waals surface area contributed by atoms with Crippen LogP contribution in [0.4, 0.5) is 5.69 Å². The van der Waals surface area contributed by atoms with Gasteiger partial charge in [-0.15, -0.1) is 11.8 Å². The van der Waals surface area contributed by atoms with Crippen LogP contribution in [0, 0.1) is 12.8 Å². The molecule has 0 spiro atoms. The Hall–Kier alpha value is -2.43. The highest BCUT2D eigenvalue weighted by Gasteiger charge is 2.27. The summed E-state index contributed by atoms with van der Waals surface area (Å²) in [5.41, 5.74) is 1.75. The lowest BCUT2D eigenvalue weighted by Gasteiger charge is -2.32. The fraction of sp³-hybridized carbons (Fsp3) is 0.435. The van der Waals surface area contributed by atoms with Gasteiger partial charge in [-0.1, -0.05) is 6.92 Å². The van der Waals surface area contributed by atoms with Gasteiger partial charge in [-0.05, 0) is 67.8 Å². The number of pyridine rings is 1. The Bertz CT molecular complexity index is 1110. The van der Waals surface area contributed by atoms with Gasteiger partial charge in [-0.3, -0.25) is 9.59 Å². The Morgan fingerprint density at radius 2 is 1.94 bits per heavy atom. The summed E-state index contributed by atoms with van der Waals surface area (Å²) in [7, 11) is -3.68. The van der Waals surface area contributed by atoms with Crippen LogP contribution in [-0.2, 0) is 14.8 Å². The highest BCUT2D eigenvalue weighted by atomic mass is 32.2. The number of aryl methyl sites for hydroxylation is 1.